The molecule has 1 aliphatic heterocycles. The van der Waals surface area contributed by atoms with Crippen LogP contribution in [0.3, 0.4) is 0 Å². The number of benzene rings is 1. The molecule has 26 nitrogen and oxygen atoms in total. The molecule has 26 heteroatoms. The number of rotatable bonds is 27. The molecule has 0 spiro atoms. The Morgan fingerprint density at radius 2 is 0.963 bits per heavy atom. The van der Waals surface area contributed by atoms with E-state index in [2.05, 4.69) is 60.1 Å². The molecule has 458 valence electrons. The summed E-state index contributed by atoms with van der Waals surface area (Å²) in [5, 5.41) is 37.3. The minimum absolute atomic E-state index is 0.0679. The quantitative estimate of drug-likeness (QED) is 0.0392. The third kappa shape index (κ3) is 27.3. The topological polar surface area (TPSA) is 441 Å². The monoisotopic (exact) mass is 1140 g/mol. The molecule has 10 atom stereocenters. The summed E-state index contributed by atoms with van der Waals surface area (Å²) >= 11 is 0. The first-order valence-corrected chi connectivity index (χ1v) is 28.8. The molecule has 1 heterocycles. The van der Waals surface area contributed by atoms with E-state index in [4.69, 9.17) is 28.7 Å². The Bertz CT molecular complexity index is 2140. The SMILES string of the molecule is CCCCCCC[C@@H](O)CC(=O)N[C@H](CCN)C(=O)N[C@H]1CCNC(=O)[C@H](CC(C)C)NC(=O)[C@H](CCN)NC(=O)[C@H](CCN)NC(=O)[C@H](CC(C)C)NC(=O)[C@@H](Cc2ccccc2)NC(=O)[C@H](CCN)NC(=O)[C@@H](CCN)NC1=O. The van der Waals surface area contributed by atoms with Crippen LogP contribution in [0.1, 0.15) is 136 Å². The Balaban J connectivity index is 2.74. The van der Waals surface area contributed by atoms with Crippen LogP contribution in [0.4, 0.5) is 0 Å². The van der Waals surface area contributed by atoms with Gasteiger partial charge in [0.05, 0.1) is 12.5 Å². The molecule has 0 unspecified atom stereocenters. The molecule has 1 saturated heterocycles. The summed E-state index contributed by atoms with van der Waals surface area (Å²) in [5.74, 6) is -8.29. The van der Waals surface area contributed by atoms with E-state index < -0.39 is 120 Å². The van der Waals surface area contributed by atoms with Gasteiger partial charge in [0.1, 0.15) is 54.4 Å². The molecule has 0 aromatic heterocycles. The number of carbonyl (C=O) groups is 10. The molecule has 0 radical (unpaired) electrons. The molecule has 1 aromatic rings. The van der Waals surface area contributed by atoms with Gasteiger partial charge in [-0.05, 0) is 108 Å². The number of aliphatic hydroxyl groups excluding tert-OH is 1. The van der Waals surface area contributed by atoms with E-state index in [0.717, 1.165) is 25.7 Å². The normalized spacial score (nSPS) is 23.4. The summed E-state index contributed by atoms with van der Waals surface area (Å²) in [6.07, 6.45) is 3.04. The highest BCUT2D eigenvalue weighted by Crippen LogP contribution is 2.13. The largest absolute Gasteiger partial charge is 0.393 e. The van der Waals surface area contributed by atoms with Gasteiger partial charge in [0, 0.05) is 13.0 Å². The Morgan fingerprint density at radius 3 is 1.42 bits per heavy atom. The summed E-state index contributed by atoms with van der Waals surface area (Å²) in [6, 6.07) is -3.34. The first-order chi connectivity index (χ1) is 38.6. The van der Waals surface area contributed by atoms with E-state index in [1.54, 1.807) is 30.3 Å². The lowest BCUT2D eigenvalue weighted by Gasteiger charge is -2.29. The second-order valence-electron chi connectivity index (χ2n) is 21.6. The zero-order valence-corrected chi connectivity index (χ0v) is 48.3. The van der Waals surface area contributed by atoms with E-state index in [0.29, 0.717) is 18.4 Å². The molecule has 1 aliphatic rings. The fourth-order valence-corrected chi connectivity index (χ4v) is 9.11. The third-order valence-electron chi connectivity index (χ3n) is 13.5. The number of unbranched alkanes of at least 4 members (excludes halogenated alkanes) is 4. The number of carbonyl (C=O) groups excluding carboxylic acids is 10. The molecule has 81 heavy (non-hydrogen) atoms. The summed E-state index contributed by atoms with van der Waals surface area (Å²) in [6.45, 7) is 8.54. The third-order valence-corrected chi connectivity index (χ3v) is 13.5. The first-order valence-electron chi connectivity index (χ1n) is 28.8. The number of nitrogens with one attached hydrogen (secondary N) is 10. The molecular formula is C55H97N15O11. The molecule has 0 bridgehead atoms. The zero-order chi connectivity index (χ0) is 60.4. The van der Waals surface area contributed by atoms with Crippen molar-refractivity contribution >= 4 is 59.1 Å². The number of hydrogen-bond donors (Lipinski definition) is 16. The molecule has 2 rings (SSSR count). The summed E-state index contributed by atoms with van der Waals surface area (Å²) < 4.78 is 0. The summed E-state index contributed by atoms with van der Waals surface area (Å²) in [5.41, 5.74) is 30.2. The molecule has 1 aromatic carbocycles. The minimum Gasteiger partial charge on any atom is -0.393 e. The van der Waals surface area contributed by atoms with Crippen molar-refractivity contribution < 1.29 is 53.1 Å². The van der Waals surface area contributed by atoms with E-state index in [-0.39, 0.29) is 115 Å². The van der Waals surface area contributed by atoms with Crippen LogP contribution < -0.4 is 81.8 Å². The molecule has 1 fully saturated rings. The van der Waals surface area contributed by atoms with E-state index in [1.807, 2.05) is 27.7 Å². The van der Waals surface area contributed by atoms with Crippen molar-refractivity contribution in [2.24, 2.45) is 40.5 Å². The van der Waals surface area contributed by atoms with Gasteiger partial charge in [0.2, 0.25) is 59.1 Å². The van der Waals surface area contributed by atoms with Crippen LogP contribution in [-0.2, 0) is 54.4 Å². The number of amides is 10. The van der Waals surface area contributed by atoms with Crippen molar-refractivity contribution in [2.45, 2.75) is 198 Å². The van der Waals surface area contributed by atoms with Gasteiger partial charge in [-0.2, -0.15) is 0 Å². The second-order valence-corrected chi connectivity index (χ2v) is 21.6. The van der Waals surface area contributed by atoms with Gasteiger partial charge in [0.15, 0.2) is 0 Å². The smallest absolute Gasteiger partial charge is 0.243 e. The average molecular weight is 1140 g/mol. The van der Waals surface area contributed by atoms with Crippen molar-refractivity contribution in [3.8, 4) is 0 Å². The lowest BCUT2D eigenvalue weighted by Crippen LogP contribution is -2.61. The van der Waals surface area contributed by atoms with Crippen LogP contribution in [0.15, 0.2) is 30.3 Å². The number of aliphatic hydroxyl groups is 1. The van der Waals surface area contributed by atoms with Gasteiger partial charge in [0.25, 0.3) is 0 Å². The van der Waals surface area contributed by atoms with Crippen molar-refractivity contribution in [3.05, 3.63) is 35.9 Å². The van der Waals surface area contributed by atoms with E-state index in [1.165, 1.54) is 0 Å². The molecular weight excluding hydrogens is 1050 g/mol. The standard InChI is InChI=1S/C55H97N15O11/c1-6-7-8-9-13-16-36(71)32-46(72)62-37(17-23-56)48(74)67-42-22-28-61-47(73)43(29-33(2)3)68-51(77)40(20-26-59)63-50(76)39(19-25-58)66-54(80)44(30-34(4)5)69-55(81)45(31-35-14-11-10-12-15-35)70-52(78)41(21-27-60)64-49(75)38(18-24-57)65-53(42)79/h10-12,14-15,33-34,36-45,71H,6-9,13,16-32,56-60H2,1-5H3,(H,61,73)(H,62,72)(H,63,76)(H,64,75)(H,65,79)(H,66,80)(H,67,74)(H,68,77)(H,69,81)(H,70,78)/t36-,37-,38-,39+,40+,41+,42+,43+,44+,45-/m1/s1. The molecule has 10 amide bonds. The van der Waals surface area contributed by atoms with Crippen LogP contribution in [0, 0.1) is 11.8 Å². The van der Waals surface area contributed by atoms with Gasteiger partial charge in [-0.1, -0.05) is 97.1 Å². The van der Waals surface area contributed by atoms with Crippen LogP contribution in [-0.4, -0.2) is 164 Å². The average Bonchev–Trinajstić information content (AvgIpc) is 3.41. The first kappa shape index (κ1) is 70.8. The van der Waals surface area contributed by atoms with Crippen LogP contribution in [0.25, 0.3) is 0 Å². The highest BCUT2D eigenvalue weighted by Gasteiger charge is 2.36. The van der Waals surface area contributed by atoms with Gasteiger partial charge in [-0.3, -0.25) is 47.9 Å². The minimum atomic E-state index is -1.51. The van der Waals surface area contributed by atoms with Crippen LogP contribution >= 0.6 is 0 Å². The van der Waals surface area contributed by atoms with Crippen molar-refractivity contribution in [1.82, 2.24) is 53.2 Å². The predicted molar refractivity (Wildman–Crippen MR) is 306 cm³/mol. The Kier molecular flexibility index (Phi) is 34.2. The second kappa shape index (κ2) is 39.2. The number of hydrogen-bond acceptors (Lipinski definition) is 16. The highest BCUT2D eigenvalue weighted by molar-refractivity contribution is 5.98. The summed E-state index contributed by atoms with van der Waals surface area (Å²) in [4.78, 5) is 141. The van der Waals surface area contributed by atoms with Gasteiger partial charge in [-0.15, -0.1) is 0 Å². The van der Waals surface area contributed by atoms with Crippen molar-refractivity contribution in [2.75, 3.05) is 39.3 Å². The molecule has 21 N–H and O–H groups in total. The fraction of sp³-hybridized carbons (Fsp3) is 0.709. The maximum atomic E-state index is 14.4. The maximum absolute atomic E-state index is 14.4. The lowest BCUT2D eigenvalue weighted by molar-refractivity contribution is -0.136. The fourth-order valence-electron chi connectivity index (χ4n) is 9.11. The van der Waals surface area contributed by atoms with Gasteiger partial charge >= 0.3 is 0 Å². The van der Waals surface area contributed by atoms with Crippen molar-refractivity contribution in [3.63, 3.8) is 0 Å². The zero-order valence-electron chi connectivity index (χ0n) is 48.3. The van der Waals surface area contributed by atoms with Gasteiger partial charge < -0.3 is 86.9 Å². The van der Waals surface area contributed by atoms with E-state index >= 15 is 0 Å². The summed E-state index contributed by atoms with van der Waals surface area (Å²) in [7, 11) is 0. The number of nitrogens with two attached hydrogens (primary N) is 5. The van der Waals surface area contributed by atoms with Crippen LogP contribution in [0.5, 0.6) is 0 Å². The van der Waals surface area contributed by atoms with Gasteiger partial charge in [-0.25, -0.2) is 0 Å². The highest BCUT2D eigenvalue weighted by atomic mass is 16.3. The van der Waals surface area contributed by atoms with Crippen LogP contribution in [0.2, 0.25) is 0 Å². The van der Waals surface area contributed by atoms with E-state index in [9.17, 15) is 53.1 Å². The Morgan fingerprint density at radius 1 is 0.543 bits per heavy atom. The van der Waals surface area contributed by atoms with Crippen molar-refractivity contribution in [1.29, 1.82) is 0 Å². The molecule has 0 aliphatic carbocycles. The molecule has 0 saturated carbocycles. The maximum Gasteiger partial charge on any atom is 0.243 e. The Hall–Kier alpha value is -6.32. The predicted octanol–water partition coefficient (Wildman–Crippen LogP) is -2.94. The lowest BCUT2D eigenvalue weighted by atomic mass is 10.00. The Labute approximate surface area is 477 Å².